The van der Waals surface area contributed by atoms with Crippen molar-refractivity contribution in [3.8, 4) is 11.5 Å². The summed E-state index contributed by atoms with van der Waals surface area (Å²) in [6.45, 7) is 20.8. The zero-order chi connectivity index (χ0) is 84.6. The Balaban J connectivity index is 0.000000187. The van der Waals surface area contributed by atoms with Crippen molar-refractivity contribution in [2.45, 2.75) is 214 Å². The van der Waals surface area contributed by atoms with Crippen molar-refractivity contribution in [2.24, 2.45) is 23.7 Å². The fourth-order valence-electron chi connectivity index (χ4n) is 21.1. The molecule has 8 aliphatic rings. The maximum absolute atomic E-state index is 14.5. The van der Waals surface area contributed by atoms with Gasteiger partial charge in [0.25, 0.3) is 28.4 Å². The molecule has 16 rings (SSSR count). The summed E-state index contributed by atoms with van der Waals surface area (Å²) < 4.78 is 91.0. The lowest BCUT2D eigenvalue weighted by Crippen LogP contribution is -2.67. The number of aliphatic hydroxyl groups is 2. The number of carbonyl (C=O) groups excluding carboxylic acids is 2. The van der Waals surface area contributed by atoms with E-state index in [1.54, 1.807) is 24.3 Å². The third-order valence-electron chi connectivity index (χ3n) is 27.4. The van der Waals surface area contributed by atoms with Crippen LogP contribution in [-0.2, 0) is 52.6 Å². The third kappa shape index (κ3) is 18.0. The van der Waals surface area contributed by atoms with E-state index in [0.717, 1.165) is 106 Å². The van der Waals surface area contributed by atoms with E-state index in [1.807, 2.05) is 135 Å². The van der Waals surface area contributed by atoms with Crippen LogP contribution in [0.15, 0.2) is 218 Å². The summed E-state index contributed by atoms with van der Waals surface area (Å²) in [6.07, 6.45) is 16.6. The number of sulfonamides is 2. The molecule has 0 aromatic heterocycles. The number of hydrogen-bond donors (Lipinski definition) is 4. The van der Waals surface area contributed by atoms with Crippen molar-refractivity contribution in [2.75, 3.05) is 49.2 Å². The van der Waals surface area contributed by atoms with Crippen molar-refractivity contribution >= 4 is 104 Å². The Hall–Kier alpha value is -7.87. The van der Waals surface area contributed by atoms with E-state index in [1.165, 1.54) is 22.3 Å². The van der Waals surface area contributed by atoms with Crippen LogP contribution in [0.2, 0.25) is 20.1 Å². The van der Waals surface area contributed by atoms with Gasteiger partial charge in [-0.25, -0.2) is 26.3 Å². The Kier molecular flexibility index (Phi) is 25.9. The zero-order valence-corrected chi connectivity index (χ0v) is 75.7. The lowest BCUT2D eigenvalue weighted by Gasteiger charge is -2.45. The maximum Gasteiger partial charge on any atom is 0.264 e. The van der Waals surface area contributed by atoms with E-state index < -0.39 is 83.4 Å². The molecule has 0 radical (unpaired) electrons. The predicted molar refractivity (Wildman–Crippen MR) is 488 cm³/mol. The molecule has 4 aliphatic heterocycles. The third-order valence-corrected chi connectivity index (χ3v) is 41.8. The van der Waals surface area contributed by atoms with Crippen molar-refractivity contribution in [3.63, 3.8) is 0 Å². The van der Waals surface area contributed by atoms with Crippen molar-refractivity contribution < 1.29 is 55.0 Å². The number of rotatable bonds is 12. The SMILES string of the molecule is C[C@@H](C[C@@H]1CC/C=C/[C@H](O)[C@@H]2CC[C@H]2CN2C[C@@]3(CCCc4cc(Cl)ccc43)COc3ccc(cc32)C(=O)NS1(=O)=O)O[Si](c1ccccc1)(c1ccccc1)C(C)(C)C.C[C@@H](C[C@H]1CC/C=C/[C@H](O)[C@@H]2CC[C@H]2CN2C[C@@]3(CCCc4cc(Cl)ccc43)COc3ccc(cc32)C(=O)NS1(=O)=O)O[Si](c1ccccc1)(c1ccccc1)C(C)(C)C. The molecule has 120 heavy (non-hydrogen) atoms. The molecule has 4 bridgehead atoms. The number of aliphatic hydroxyl groups excluding tert-OH is 2. The summed E-state index contributed by atoms with van der Waals surface area (Å²) in [6, 6.07) is 64.2. The van der Waals surface area contributed by atoms with Crippen LogP contribution < -0.4 is 49.5 Å². The Morgan fingerprint density at radius 3 is 1.18 bits per heavy atom. The first kappa shape index (κ1) is 87.0. The van der Waals surface area contributed by atoms with Gasteiger partial charge < -0.3 is 38.3 Å². The number of hydrogen-bond acceptors (Lipinski definition) is 14. The first-order valence-electron chi connectivity index (χ1n) is 43.4. The minimum Gasteiger partial charge on any atom is -0.490 e. The quantitative estimate of drug-likeness (QED) is 0.0663. The lowest BCUT2D eigenvalue weighted by atomic mass is 9.68. The van der Waals surface area contributed by atoms with Crippen LogP contribution in [0.4, 0.5) is 11.4 Å². The molecule has 22 heteroatoms. The van der Waals surface area contributed by atoms with Gasteiger partial charge in [-0.3, -0.25) is 9.59 Å². The molecule has 4 heterocycles. The second-order valence-electron chi connectivity index (χ2n) is 37.4. The Labute approximate surface area is 723 Å². The second kappa shape index (κ2) is 35.8. The number of ether oxygens (including phenoxy) is 2. The summed E-state index contributed by atoms with van der Waals surface area (Å²) in [5.41, 5.74) is 6.41. The molecule has 2 amide bonds. The van der Waals surface area contributed by atoms with E-state index in [9.17, 15) is 36.6 Å². The van der Waals surface area contributed by atoms with Gasteiger partial charge in [0.15, 0.2) is 0 Å². The summed E-state index contributed by atoms with van der Waals surface area (Å²) >= 11 is 13.0. The van der Waals surface area contributed by atoms with E-state index in [4.69, 9.17) is 41.5 Å². The molecular weight excluding hydrogens is 1620 g/mol. The van der Waals surface area contributed by atoms with Crippen LogP contribution >= 0.6 is 23.2 Å². The van der Waals surface area contributed by atoms with E-state index in [0.29, 0.717) is 63.7 Å². The molecule has 0 saturated heterocycles. The second-order valence-corrected chi connectivity index (χ2v) is 50.7. The molecule has 0 unspecified atom stereocenters. The van der Waals surface area contributed by atoms with Gasteiger partial charge in [0.1, 0.15) is 11.5 Å². The van der Waals surface area contributed by atoms with Gasteiger partial charge in [-0.2, -0.15) is 0 Å². The lowest BCUT2D eigenvalue weighted by molar-refractivity contribution is 0.0454. The van der Waals surface area contributed by atoms with Gasteiger partial charge in [0, 0.05) is 70.4 Å². The molecule has 4 aliphatic carbocycles. The Morgan fingerprint density at radius 2 is 0.850 bits per heavy atom. The number of fused-ring (bicyclic) bond motifs is 8. The largest absolute Gasteiger partial charge is 0.490 e. The van der Waals surface area contributed by atoms with E-state index in [-0.39, 0.29) is 81.4 Å². The number of allylic oxidation sites excluding steroid dienone is 2. The van der Waals surface area contributed by atoms with Crippen LogP contribution in [0.25, 0.3) is 0 Å². The highest BCUT2D eigenvalue weighted by Gasteiger charge is 2.54. The van der Waals surface area contributed by atoms with Crippen LogP contribution in [0, 0.1) is 23.7 Å². The molecule has 16 nitrogen and oxygen atoms in total. The number of benzene rings is 8. The highest BCUT2D eigenvalue weighted by Crippen LogP contribution is 2.51. The van der Waals surface area contributed by atoms with Gasteiger partial charge in [0.05, 0.1) is 47.3 Å². The van der Waals surface area contributed by atoms with Gasteiger partial charge in [-0.05, 0) is 254 Å². The number of amides is 2. The molecule has 2 saturated carbocycles. The van der Waals surface area contributed by atoms with Crippen LogP contribution in [0.5, 0.6) is 11.5 Å². The van der Waals surface area contributed by atoms with Crippen molar-refractivity contribution in [1.29, 1.82) is 0 Å². The molecule has 636 valence electrons. The van der Waals surface area contributed by atoms with Crippen LogP contribution in [-0.4, -0.2) is 130 Å². The molecule has 2 fully saturated rings. The topological polar surface area (TPSA) is 210 Å². The maximum atomic E-state index is 14.5. The molecule has 2 spiro atoms. The first-order valence-corrected chi connectivity index (χ1v) is 51.1. The Bertz CT molecular complexity index is 4880. The predicted octanol–water partition coefficient (Wildman–Crippen LogP) is 16.7. The normalized spacial score (nSPS) is 26.6. The smallest absolute Gasteiger partial charge is 0.264 e. The highest BCUT2D eigenvalue weighted by molar-refractivity contribution is 7.91. The van der Waals surface area contributed by atoms with Crippen molar-refractivity contribution in [1.82, 2.24) is 9.44 Å². The van der Waals surface area contributed by atoms with E-state index >= 15 is 0 Å². The number of aryl methyl sites for hydroxylation is 2. The van der Waals surface area contributed by atoms with Crippen LogP contribution in [0.1, 0.15) is 188 Å². The monoisotopic (exact) mass is 1730 g/mol. The highest BCUT2D eigenvalue weighted by atomic mass is 35.5. The molecular formula is C98H118Cl2N4O12S2Si2. The summed E-state index contributed by atoms with van der Waals surface area (Å²) in [4.78, 5) is 33.0. The van der Waals surface area contributed by atoms with Crippen LogP contribution in [0.3, 0.4) is 0 Å². The molecule has 12 atom stereocenters. The van der Waals surface area contributed by atoms with E-state index in [2.05, 4.69) is 134 Å². The number of nitrogens with zero attached hydrogens (tertiary/aromatic N) is 2. The average molecular weight is 1740 g/mol. The Morgan fingerprint density at radius 1 is 0.492 bits per heavy atom. The minimum absolute atomic E-state index is 0.0704. The summed E-state index contributed by atoms with van der Waals surface area (Å²) in [5.74, 6) is 0.605. The number of nitrogens with one attached hydrogen (secondary N) is 2. The fraction of sp³-hybridized carbons (Fsp3) is 0.449. The first-order chi connectivity index (χ1) is 57.4. The molecule has 8 aromatic rings. The molecule has 8 aromatic carbocycles. The minimum atomic E-state index is -4.20. The van der Waals surface area contributed by atoms with Gasteiger partial charge in [-0.15, -0.1) is 0 Å². The summed E-state index contributed by atoms with van der Waals surface area (Å²) in [7, 11) is -14.4. The van der Waals surface area contributed by atoms with Gasteiger partial charge in [0.2, 0.25) is 20.0 Å². The number of carbonyl (C=O) groups is 2. The zero-order valence-electron chi connectivity index (χ0n) is 70.6. The van der Waals surface area contributed by atoms with Gasteiger partial charge >= 0.3 is 0 Å². The van der Waals surface area contributed by atoms with Crippen molar-refractivity contribution in [3.05, 3.63) is 262 Å². The fourth-order valence-corrected chi connectivity index (χ4v) is 34.0. The standard InChI is InChI=1S/2C49H59ClN2O6SSi/c2*1-34(58-60(48(2,3)4,40-16-7-5-8-17-40)41-18-9-6-10-19-41)28-39-15-11-12-20-45(53)42-24-21-37(42)31-52-32-49(27-13-14-35-29-38(50)23-25-43(35)49)33-57-46-26-22-36(30-44(46)52)47(54)51-59(39,55)56/h2*5-10,12,16-20,22-23,25-26,29-30,34,37,39,42,45,53H,11,13-15,21,24,27-28,31-33H2,1-4H3,(H,51,54)/b2*20-12+/t34-,37-,39+,42+,45-,49-;34-,37-,39-,42+,45-,49-/m00/s1. The molecule has 4 N–H and O–H groups in total. The number of halogens is 2. The number of anilines is 2. The van der Waals surface area contributed by atoms with Gasteiger partial charge in [-0.1, -0.05) is 223 Å². The summed E-state index contributed by atoms with van der Waals surface area (Å²) in [5, 5.41) is 26.5. The average Bonchev–Trinajstić information content (AvgIpc) is 1.50.